The molecule has 1 atom stereocenters. The highest BCUT2D eigenvalue weighted by Crippen LogP contribution is 2.37. The number of benzene rings is 2. The van der Waals surface area contributed by atoms with Crippen LogP contribution in [0.2, 0.25) is 0 Å². The Morgan fingerprint density at radius 1 is 1.09 bits per heavy atom. The Balaban J connectivity index is 1.81. The van der Waals surface area contributed by atoms with Crippen LogP contribution < -0.4 is 10.2 Å². The zero-order valence-electron chi connectivity index (χ0n) is 13.1. The molecule has 3 heteroatoms. The summed E-state index contributed by atoms with van der Waals surface area (Å²) in [4.78, 5) is 14.7. The number of carbonyl (C=O) groups excluding carboxylic acids is 1. The van der Waals surface area contributed by atoms with E-state index in [1.54, 1.807) is 0 Å². The molecule has 114 valence electrons. The molecular formula is C19H22N2O. The predicted molar refractivity (Wildman–Crippen MR) is 91.3 cm³/mol. The molecule has 3 nitrogen and oxygen atoms in total. The fraction of sp³-hybridized carbons (Fsp3) is 0.316. The number of nitrogens with one attached hydrogen (secondary N) is 1. The van der Waals surface area contributed by atoms with Crippen molar-refractivity contribution in [3.63, 3.8) is 0 Å². The second kappa shape index (κ2) is 6.22. The average Bonchev–Trinajstić information content (AvgIpc) is 3.36. The number of anilines is 2. The minimum atomic E-state index is -0.0607. The molecular weight excluding hydrogens is 272 g/mol. The highest BCUT2D eigenvalue weighted by atomic mass is 16.2. The summed E-state index contributed by atoms with van der Waals surface area (Å²) in [5.41, 5.74) is 2.97. The van der Waals surface area contributed by atoms with Gasteiger partial charge in [0.15, 0.2) is 0 Å². The summed E-state index contributed by atoms with van der Waals surface area (Å²) < 4.78 is 0. The molecule has 0 aliphatic heterocycles. The number of amides is 2. The van der Waals surface area contributed by atoms with Crippen LogP contribution in [0.3, 0.4) is 0 Å². The number of urea groups is 1. The molecule has 0 spiro atoms. The number of aryl methyl sites for hydroxylation is 1. The Morgan fingerprint density at radius 2 is 1.73 bits per heavy atom. The molecule has 1 aliphatic rings. The van der Waals surface area contributed by atoms with Crippen molar-refractivity contribution in [1.29, 1.82) is 0 Å². The normalized spacial score (nSPS) is 15.2. The molecule has 2 aromatic rings. The molecule has 22 heavy (non-hydrogen) atoms. The van der Waals surface area contributed by atoms with Gasteiger partial charge in [-0.25, -0.2) is 4.79 Å². The van der Waals surface area contributed by atoms with E-state index < -0.39 is 0 Å². The van der Waals surface area contributed by atoms with E-state index in [0.717, 1.165) is 11.4 Å². The van der Waals surface area contributed by atoms with Crippen molar-refractivity contribution in [2.45, 2.75) is 32.7 Å². The van der Waals surface area contributed by atoms with E-state index in [4.69, 9.17) is 0 Å². The van der Waals surface area contributed by atoms with Gasteiger partial charge in [-0.3, -0.25) is 4.90 Å². The van der Waals surface area contributed by atoms with Gasteiger partial charge in [0.1, 0.15) is 0 Å². The van der Waals surface area contributed by atoms with Gasteiger partial charge in [0.25, 0.3) is 0 Å². The fourth-order valence-electron chi connectivity index (χ4n) is 2.74. The third-order valence-electron chi connectivity index (χ3n) is 4.27. The Kier molecular flexibility index (Phi) is 4.14. The highest BCUT2D eigenvalue weighted by Gasteiger charge is 2.35. The molecule has 0 unspecified atom stereocenters. The molecule has 1 saturated carbocycles. The molecule has 0 saturated heterocycles. The zero-order chi connectivity index (χ0) is 15.5. The second-order valence-corrected chi connectivity index (χ2v) is 6.08. The van der Waals surface area contributed by atoms with Gasteiger partial charge < -0.3 is 5.32 Å². The van der Waals surface area contributed by atoms with E-state index in [2.05, 4.69) is 12.2 Å². The lowest BCUT2D eigenvalue weighted by Crippen LogP contribution is -2.42. The molecule has 2 aromatic carbocycles. The van der Waals surface area contributed by atoms with Crippen molar-refractivity contribution < 1.29 is 4.79 Å². The van der Waals surface area contributed by atoms with Crippen molar-refractivity contribution in [2.24, 2.45) is 5.92 Å². The van der Waals surface area contributed by atoms with Gasteiger partial charge in [0.05, 0.1) is 0 Å². The summed E-state index contributed by atoms with van der Waals surface area (Å²) >= 11 is 0. The van der Waals surface area contributed by atoms with Gasteiger partial charge in [0, 0.05) is 17.4 Å². The largest absolute Gasteiger partial charge is 0.326 e. The molecule has 3 rings (SSSR count). The van der Waals surface area contributed by atoms with E-state index in [0.29, 0.717) is 5.92 Å². The number of hydrogen-bond acceptors (Lipinski definition) is 1. The molecule has 2 amide bonds. The minimum Gasteiger partial charge on any atom is -0.308 e. The van der Waals surface area contributed by atoms with Crippen LogP contribution in [0.4, 0.5) is 16.2 Å². The number of rotatable bonds is 4. The van der Waals surface area contributed by atoms with Gasteiger partial charge in [-0.05, 0) is 56.9 Å². The summed E-state index contributed by atoms with van der Waals surface area (Å²) in [6.07, 6.45) is 2.42. The SMILES string of the molecule is Cc1ccc(NC(=O)N(c2ccccc2)[C@@H](C)C2CC2)cc1. The summed E-state index contributed by atoms with van der Waals surface area (Å²) in [5, 5.41) is 3.02. The zero-order valence-corrected chi connectivity index (χ0v) is 13.1. The van der Waals surface area contributed by atoms with Gasteiger partial charge in [-0.15, -0.1) is 0 Å². The van der Waals surface area contributed by atoms with Crippen LogP contribution in [0, 0.1) is 12.8 Å². The molecule has 1 aliphatic carbocycles. The van der Waals surface area contributed by atoms with Crippen molar-refractivity contribution in [2.75, 3.05) is 10.2 Å². The van der Waals surface area contributed by atoms with Gasteiger partial charge >= 0.3 is 6.03 Å². The van der Waals surface area contributed by atoms with Crippen LogP contribution in [0.25, 0.3) is 0 Å². The topological polar surface area (TPSA) is 32.3 Å². The van der Waals surface area contributed by atoms with E-state index in [1.807, 2.05) is 66.4 Å². The molecule has 0 aromatic heterocycles. The summed E-state index contributed by atoms with van der Waals surface area (Å²) in [5.74, 6) is 0.615. The first-order valence-electron chi connectivity index (χ1n) is 7.87. The van der Waals surface area contributed by atoms with Crippen LogP contribution in [-0.4, -0.2) is 12.1 Å². The highest BCUT2D eigenvalue weighted by molar-refractivity contribution is 6.02. The summed E-state index contributed by atoms with van der Waals surface area (Å²) in [6.45, 7) is 4.18. The van der Waals surface area contributed by atoms with Crippen molar-refractivity contribution in [1.82, 2.24) is 0 Å². The molecule has 1 N–H and O–H groups in total. The van der Waals surface area contributed by atoms with E-state index in [9.17, 15) is 4.79 Å². The van der Waals surface area contributed by atoms with Crippen molar-refractivity contribution >= 4 is 17.4 Å². The Labute approximate surface area is 132 Å². The summed E-state index contributed by atoms with van der Waals surface area (Å²) in [7, 11) is 0. The first-order valence-corrected chi connectivity index (χ1v) is 7.87. The minimum absolute atomic E-state index is 0.0607. The summed E-state index contributed by atoms with van der Waals surface area (Å²) in [6, 6.07) is 18.0. The van der Waals surface area contributed by atoms with E-state index in [1.165, 1.54) is 18.4 Å². The monoisotopic (exact) mass is 294 g/mol. The predicted octanol–water partition coefficient (Wildman–Crippen LogP) is 4.83. The van der Waals surface area contributed by atoms with Crippen LogP contribution in [0.15, 0.2) is 54.6 Å². The van der Waals surface area contributed by atoms with Crippen LogP contribution in [-0.2, 0) is 0 Å². The standard InChI is InChI=1S/C19H22N2O/c1-14-8-12-17(13-9-14)20-19(22)21(15(2)16-10-11-16)18-6-4-3-5-7-18/h3-9,12-13,15-16H,10-11H2,1-2H3,(H,20,22)/t15-/m0/s1. The Bertz CT molecular complexity index is 632. The first-order chi connectivity index (χ1) is 10.6. The number of hydrogen-bond donors (Lipinski definition) is 1. The number of carbonyl (C=O) groups is 1. The Hall–Kier alpha value is -2.29. The number of nitrogens with zero attached hydrogens (tertiary/aromatic N) is 1. The van der Waals surface area contributed by atoms with E-state index >= 15 is 0 Å². The maximum Gasteiger partial charge on any atom is 0.326 e. The maximum absolute atomic E-state index is 12.8. The van der Waals surface area contributed by atoms with Gasteiger partial charge in [-0.1, -0.05) is 35.9 Å². The second-order valence-electron chi connectivity index (χ2n) is 6.08. The van der Waals surface area contributed by atoms with Crippen LogP contribution >= 0.6 is 0 Å². The third-order valence-corrected chi connectivity index (χ3v) is 4.27. The van der Waals surface area contributed by atoms with Crippen molar-refractivity contribution in [3.8, 4) is 0 Å². The molecule has 1 fully saturated rings. The smallest absolute Gasteiger partial charge is 0.308 e. The fourth-order valence-corrected chi connectivity index (χ4v) is 2.74. The maximum atomic E-state index is 12.8. The Morgan fingerprint density at radius 3 is 2.32 bits per heavy atom. The van der Waals surface area contributed by atoms with E-state index in [-0.39, 0.29) is 12.1 Å². The lowest BCUT2D eigenvalue weighted by atomic mass is 10.1. The molecule has 0 radical (unpaired) electrons. The first kappa shape index (κ1) is 14.6. The lowest BCUT2D eigenvalue weighted by Gasteiger charge is -2.29. The molecule has 0 bridgehead atoms. The van der Waals surface area contributed by atoms with Crippen LogP contribution in [0.1, 0.15) is 25.3 Å². The van der Waals surface area contributed by atoms with Crippen LogP contribution in [0.5, 0.6) is 0 Å². The van der Waals surface area contributed by atoms with Crippen molar-refractivity contribution in [3.05, 3.63) is 60.2 Å². The molecule has 0 heterocycles. The third kappa shape index (κ3) is 3.30. The average molecular weight is 294 g/mol. The quantitative estimate of drug-likeness (QED) is 0.860. The number of para-hydroxylation sites is 1. The van der Waals surface area contributed by atoms with Gasteiger partial charge in [-0.2, -0.15) is 0 Å². The van der Waals surface area contributed by atoms with Gasteiger partial charge in [0.2, 0.25) is 0 Å². The lowest BCUT2D eigenvalue weighted by molar-refractivity contribution is 0.254.